The number of aromatic nitrogens is 2. The van der Waals surface area contributed by atoms with Gasteiger partial charge < -0.3 is 31.7 Å². The van der Waals surface area contributed by atoms with Crippen LogP contribution in [0.1, 0.15) is 33.0 Å². The Balaban J connectivity index is 2.06. The SMILES string of the molecule is Cc1c(NC(=O)c2cc(N)cn2C)c[nH]c1C(=O)NCCC(=N)N. The van der Waals surface area contributed by atoms with Crippen LogP contribution >= 0.6 is 0 Å². The molecule has 2 aromatic rings. The maximum atomic E-state index is 12.3. The molecule has 9 nitrogen and oxygen atoms in total. The summed E-state index contributed by atoms with van der Waals surface area (Å²) in [5, 5.41) is 12.5. The van der Waals surface area contributed by atoms with Crippen LogP contribution in [0, 0.1) is 12.3 Å². The number of rotatable bonds is 6. The van der Waals surface area contributed by atoms with E-state index in [2.05, 4.69) is 15.6 Å². The van der Waals surface area contributed by atoms with Crippen LogP contribution in [-0.2, 0) is 7.05 Å². The number of aromatic amines is 1. The van der Waals surface area contributed by atoms with Gasteiger partial charge in [0.1, 0.15) is 11.4 Å². The number of nitrogens with one attached hydrogen (secondary N) is 4. The second-order valence-electron chi connectivity index (χ2n) is 5.46. The van der Waals surface area contributed by atoms with Crippen LogP contribution in [0.2, 0.25) is 0 Å². The van der Waals surface area contributed by atoms with Gasteiger partial charge in [0.2, 0.25) is 0 Å². The number of carbonyl (C=O) groups is 2. The normalized spacial score (nSPS) is 10.4. The van der Waals surface area contributed by atoms with Crippen molar-refractivity contribution in [2.45, 2.75) is 13.3 Å². The first kappa shape index (κ1) is 17.1. The predicted molar refractivity (Wildman–Crippen MR) is 92.2 cm³/mol. The first-order chi connectivity index (χ1) is 11.3. The molecule has 0 atom stereocenters. The van der Waals surface area contributed by atoms with E-state index in [-0.39, 0.29) is 30.6 Å². The molecule has 2 amide bonds. The minimum atomic E-state index is -0.322. The summed E-state index contributed by atoms with van der Waals surface area (Å²) >= 11 is 0. The van der Waals surface area contributed by atoms with Crippen LogP contribution in [0.25, 0.3) is 0 Å². The minimum absolute atomic E-state index is 0.00769. The molecule has 0 fully saturated rings. The maximum absolute atomic E-state index is 12.3. The van der Waals surface area contributed by atoms with Gasteiger partial charge >= 0.3 is 0 Å². The van der Waals surface area contributed by atoms with Crippen molar-refractivity contribution in [3.63, 3.8) is 0 Å². The molecule has 0 spiro atoms. The number of carbonyl (C=O) groups excluding carboxylic acids is 2. The zero-order chi connectivity index (χ0) is 17.9. The number of amides is 2. The molecule has 0 aliphatic heterocycles. The molecule has 2 rings (SSSR count). The van der Waals surface area contributed by atoms with Crippen molar-refractivity contribution in [2.24, 2.45) is 12.8 Å². The number of anilines is 2. The number of hydrogen-bond donors (Lipinski definition) is 6. The molecule has 0 aliphatic carbocycles. The van der Waals surface area contributed by atoms with Gasteiger partial charge in [-0.2, -0.15) is 0 Å². The van der Waals surface area contributed by atoms with E-state index in [9.17, 15) is 9.59 Å². The van der Waals surface area contributed by atoms with Gasteiger partial charge in [0, 0.05) is 38.0 Å². The van der Waals surface area contributed by atoms with Crippen LogP contribution in [0.3, 0.4) is 0 Å². The standard InChI is InChI=1S/C15H21N7O2/c1-8-10(21-14(23)11-5-9(16)7-22(11)2)6-20-13(8)15(24)19-4-3-12(17)18/h5-7,20H,3-4,16H2,1-2H3,(H3,17,18)(H,19,24)(H,21,23). The third-order valence-electron chi connectivity index (χ3n) is 3.55. The van der Waals surface area contributed by atoms with Gasteiger partial charge in [-0.25, -0.2) is 0 Å². The zero-order valence-electron chi connectivity index (χ0n) is 13.6. The van der Waals surface area contributed by atoms with Crippen molar-refractivity contribution in [1.82, 2.24) is 14.9 Å². The zero-order valence-corrected chi connectivity index (χ0v) is 13.6. The second kappa shape index (κ2) is 6.90. The van der Waals surface area contributed by atoms with Crippen molar-refractivity contribution < 1.29 is 9.59 Å². The molecule has 24 heavy (non-hydrogen) atoms. The fourth-order valence-corrected chi connectivity index (χ4v) is 2.26. The van der Waals surface area contributed by atoms with Gasteiger partial charge in [-0.1, -0.05) is 0 Å². The molecule has 0 radical (unpaired) electrons. The van der Waals surface area contributed by atoms with E-state index in [1.807, 2.05) is 0 Å². The van der Waals surface area contributed by atoms with E-state index in [1.54, 1.807) is 37.0 Å². The van der Waals surface area contributed by atoms with Gasteiger partial charge in [-0.05, 0) is 13.0 Å². The Morgan fingerprint density at radius 3 is 2.67 bits per heavy atom. The molecule has 8 N–H and O–H groups in total. The molecule has 2 aromatic heterocycles. The highest BCUT2D eigenvalue weighted by molar-refractivity contribution is 6.05. The Kier molecular flexibility index (Phi) is 4.93. The van der Waals surface area contributed by atoms with E-state index in [1.165, 1.54) is 0 Å². The van der Waals surface area contributed by atoms with Gasteiger partial charge in [0.25, 0.3) is 11.8 Å². The fraction of sp³-hybridized carbons (Fsp3) is 0.267. The lowest BCUT2D eigenvalue weighted by atomic mass is 10.2. The Bertz CT molecular complexity index is 788. The van der Waals surface area contributed by atoms with Crippen LogP contribution in [0.15, 0.2) is 18.5 Å². The number of H-pyrrole nitrogens is 1. The summed E-state index contributed by atoms with van der Waals surface area (Å²) in [4.78, 5) is 27.2. The largest absolute Gasteiger partial charge is 0.397 e. The summed E-state index contributed by atoms with van der Waals surface area (Å²) in [6.07, 6.45) is 3.48. The third-order valence-corrected chi connectivity index (χ3v) is 3.55. The van der Waals surface area contributed by atoms with E-state index in [0.717, 1.165) is 0 Å². The summed E-state index contributed by atoms with van der Waals surface area (Å²) in [6, 6.07) is 1.58. The molecular weight excluding hydrogens is 310 g/mol. The summed E-state index contributed by atoms with van der Waals surface area (Å²) in [5.74, 6) is -0.634. The number of nitrogen functional groups attached to an aromatic ring is 1. The maximum Gasteiger partial charge on any atom is 0.272 e. The molecule has 0 saturated heterocycles. The molecule has 0 unspecified atom stereocenters. The van der Waals surface area contributed by atoms with E-state index >= 15 is 0 Å². The lowest BCUT2D eigenvalue weighted by Crippen LogP contribution is -2.28. The van der Waals surface area contributed by atoms with Gasteiger partial charge in [0.15, 0.2) is 0 Å². The Morgan fingerprint density at radius 2 is 2.08 bits per heavy atom. The number of amidine groups is 1. The summed E-state index contributed by atoms with van der Waals surface area (Å²) in [7, 11) is 1.73. The highest BCUT2D eigenvalue weighted by atomic mass is 16.2. The molecule has 2 heterocycles. The van der Waals surface area contributed by atoms with Crippen molar-refractivity contribution in [3.05, 3.63) is 35.4 Å². The average Bonchev–Trinajstić information content (AvgIpc) is 3.01. The third kappa shape index (κ3) is 3.75. The van der Waals surface area contributed by atoms with Crippen molar-refractivity contribution >= 4 is 29.0 Å². The van der Waals surface area contributed by atoms with Gasteiger partial charge in [0.05, 0.1) is 17.2 Å². The smallest absolute Gasteiger partial charge is 0.272 e. The average molecular weight is 331 g/mol. The Morgan fingerprint density at radius 1 is 1.38 bits per heavy atom. The minimum Gasteiger partial charge on any atom is -0.397 e. The Labute approximate surface area is 138 Å². The number of nitrogens with zero attached hydrogens (tertiary/aromatic N) is 1. The van der Waals surface area contributed by atoms with Crippen molar-refractivity contribution in [2.75, 3.05) is 17.6 Å². The van der Waals surface area contributed by atoms with Crippen LogP contribution < -0.4 is 22.1 Å². The molecule has 9 heteroatoms. The topological polar surface area (TPSA) is 155 Å². The number of hydrogen-bond acceptors (Lipinski definition) is 4. The lowest BCUT2D eigenvalue weighted by Gasteiger charge is -2.06. The Hall–Kier alpha value is -3.23. The predicted octanol–water partition coefficient (Wildman–Crippen LogP) is 0.552. The van der Waals surface area contributed by atoms with Crippen molar-refractivity contribution in [3.8, 4) is 0 Å². The van der Waals surface area contributed by atoms with Gasteiger partial charge in [-0.15, -0.1) is 0 Å². The number of aryl methyl sites for hydroxylation is 1. The highest BCUT2D eigenvalue weighted by Crippen LogP contribution is 2.20. The van der Waals surface area contributed by atoms with Crippen molar-refractivity contribution in [1.29, 1.82) is 5.41 Å². The van der Waals surface area contributed by atoms with Gasteiger partial charge in [-0.3, -0.25) is 15.0 Å². The summed E-state index contributed by atoms with van der Waals surface area (Å²) in [6.45, 7) is 2.00. The lowest BCUT2D eigenvalue weighted by molar-refractivity contribution is 0.0948. The first-order valence-electron chi connectivity index (χ1n) is 7.32. The summed E-state index contributed by atoms with van der Waals surface area (Å²) in [5.41, 5.74) is 13.3. The molecular formula is C15H21N7O2. The molecule has 0 aromatic carbocycles. The van der Waals surface area contributed by atoms with E-state index in [0.29, 0.717) is 28.3 Å². The van der Waals surface area contributed by atoms with E-state index in [4.69, 9.17) is 16.9 Å². The summed E-state index contributed by atoms with van der Waals surface area (Å²) < 4.78 is 1.63. The van der Waals surface area contributed by atoms with Crippen LogP contribution in [0.4, 0.5) is 11.4 Å². The van der Waals surface area contributed by atoms with Crippen LogP contribution in [-0.4, -0.2) is 33.7 Å². The van der Waals surface area contributed by atoms with Crippen LogP contribution in [0.5, 0.6) is 0 Å². The molecule has 0 bridgehead atoms. The number of nitrogens with two attached hydrogens (primary N) is 2. The second-order valence-corrected chi connectivity index (χ2v) is 5.46. The fourth-order valence-electron chi connectivity index (χ4n) is 2.26. The molecule has 128 valence electrons. The van der Waals surface area contributed by atoms with E-state index < -0.39 is 0 Å². The quantitative estimate of drug-likeness (QED) is 0.338. The molecule has 0 aliphatic rings. The first-order valence-corrected chi connectivity index (χ1v) is 7.32. The monoisotopic (exact) mass is 331 g/mol. The molecule has 0 saturated carbocycles. The highest BCUT2D eigenvalue weighted by Gasteiger charge is 2.17.